The Morgan fingerprint density at radius 1 is 1.45 bits per heavy atom. The quantitative estimate of drug-likeness (QED) is 0.666. The number of likely N-dealkylation sites (tertiary alicyclic amines) is 1. The van der Waals surface area contributed by atoms with E-state index >= 15 is 0 Å². The molecule has 1 saturated heterocycles. The fourth-order valence-corrected chi connectivity index (χ4v) is 1.76. The SMILES string of the molecule is C[C@H]1CCCCN1CCCO. The Kier molecular flexibility index (Phi) is 3.87. The van der Waals surface area contributed by atoms with Crippen LogP contribution in [0.4, 0.5) is 0 Å². The van der Waals surface area contributed by atoms with Crippen LogP contribution in [0, 0.1) is 0 Å². The fourth-order valence-electron chi connectivity index (χ4n) is 1.76. The third-order valence-electron chi connectivity index (χ3n) is 2.54. The molecule has 1 heterocycles. The minimum Gasteiger partial charge on any atom is -0.396 e. The normalized spacial score (nSPS) is 27.3. The maximum absolute atomic E-state index is 8.66. The average Bonchev–Trinajstić information content (AvgIpc) is 2.03. The van der Waals surface area contributed by atoms with Crippen LogP contribution in [-0.4, -0.2) is 35.7 Å². The summed E-state index contributed by atoms with van der Waals surface area (Å²) in [5.74, 6) is 0. The maximum Gasteiger partial charge on any atom is 0.0443 e. The zero-order valence-electron chi connectivity index (χ0n) is 7.42. The van der Waals surface area contributed by atoms with Gasteiger partial charge in [-0.25, -0.2) is 0 Å². The summed E-state index contributed by atoms with van der Waals surface area (Å²) in [5, 5.41) is 8.66. The molecule has 0 aromatic rings. The van der Waals surface area contributed by atoms with E-state index in [4.69, 9.17) is 5.11 Å². The highest BCUT2D eigenvalue weighted by molar-refractivity contribution is 4.72. The summed E-state index contributed by atoms with van der Waals surface area (Å²) in [4.78, 5) is 2.49. The molecular formula is C9H19NO. The highest BCUT2D eigenvalue weighted by Crippen LogP contribution is 2.15. The Morgan fingerprint density at radius 2 is 2.27 bits per heavy atom. The van der Waals surface area contributed by atoms with Crippen LogP contribution < -0.4 is 0 Å². The molecule has 1 N–H and O–H groups in total. The molecule has 66 valence electrons. The lowest BCUT2D eigenvalue weighted by atomic mass is 10.0. The Labute approximate surface area is 69.2 Å². The number of hydrogen-bond donors (Lipinski definition) is 1. The molecule has 0 aromatic heterocycles. The van der Waals surface area contributed by atoms with Crippen LogP contribution in [0.1, 0.15) is 32.6 Å². The van der Waals surface area contributed by atoms with Gasteiger partial charge < -0.3 is 10.0 Å². The van der Waals surface area contributed by atoms with Gasteiger partial charge in [0.1, 0.15) is 0 Å². The number of nitrogens with zero attached hydrogens (tertiary/aromatic N) is 1. The van der Waals surface area contributed by atoms with E-state index in [0.29, 0.717) is 6.61 Å². The molecule has 0 radical (unpaired) electrons. The molecule has 1 rings (SSSR count). The van der Waals surface area contributed by atoms with Gasteiger partial charge >= 0.3 is 0 Å². The van der Waals surface area contributed by atoms with Crippen molar-refractivity contribution in [3.05, 3.63) is 0 Å². The number of aliphatic hydroxyl groups excluding tert-OH is 1. The van der Waals surface area contributed by atoms with Gasteiger partial charge in [-0.3, -0.25) is 0 Å². The standard InChI is InChI=1S/C9H19NO/c1-9-5-2-3-6-10(9)7-4-8-11/h9,11H,2-8H2,1H3/t9-/m0/s1. The summed E-state index contributed by atoms with van der Waals surface area (Å²) >= 11 is 0. The van der Waals surface area contributed by atoms with Crippen molar-refractivity contribution in [3.63, 3.8) is 0 Å². The lowest BCUT2D eigenvalue weighted by Gasteiger charge is -2.33. The van der Waals surface area contributed by atoms with Gasteiger partial charge in [-0.15, -0.1) is 0 Å². The summed E-state index contributed by atoms with van der Waals surface area (Å²) in [7, 11) is 0. The van der Waals surface area contributed by atoms with Crippen molar-refractivity contribution in [1.82, 2.24) is 4.90 Å². The van der Waals surface area contributed by atoms with Crippen LogP contribution in [0.15, 0.2) is 0 Å². The number of piperidine rings is 1. The van der Waals surface area contributed by atoms with Gasteiger partial charge in [0.25, 0.3) is 0 Å². The van der Waals surface area contributed by atoms with Crippen molar-refractivity contribution in [3.8, 4) is 0 Å². The second-order valence-electron chi connectivity index (χ2n) is 3.46. The van der Waals surface area contributed by atoms with Crippen LogP contribution in [-0.2, 0) is 0 Å². The molecule has 1 aliphatic heterocycles. The molecule has 0 unspecified atom stereocenters. The van der Waals surface area contributed by atoms with E-state index in [2.05, 4.69) is 11.8 Å². The molecule has 1 fully saturated rings. The lowest BCUT2D eigenvalue weighted by Crippen LogP contribution is -2.38. The van der Waals surface area contributed by atoms with Crippen molar-refractivity contribution < 1.29 is 5.11 Å². The van der Waals surface area contributed by atoms with E-state index in [-0.39, 0.29) is 0 Å². The fraction of sp³-hybridized carbons (Fsp3) is 1.00. The Balaban J connectivity index is 2.18. The molecule has 11 heavy (non-hydrogen) atoms. The summed E-state index contributed by atoms with van der Waals surface area (Å²) < 4.78 is 0. The van der Waals surface area contributed by atoms with Crippen LogP contribution in [0.25, 0.3) is 0 Å². The second kappa shape index (κ2) is 4.73. The van der Waals surface area contributed by atoms with Gasteiger partial charge in [0.15, 0.2) is 0 Å². The largest absolute Gasteiger partial charge is 0.396 e. The Morgan fingerprint density at radius 3 is 2.91 bits per heavy atom. The molecule has 1 atom stereocenters. The van der Waals surface area contributed by atoms with Gasteiger partial charge in [-0.05, 0) is 32.7 Å². The van der Waals surface area contributed by atoms with Gasteiger partial charge in [0.2, 0.25) is 0 Å². The van der Waals surface area contributed by atoms with E-state index in [0.717, 1.165) is 19.0 Å². The minimum absolute atomic E-state index is 0.337. The second-order valence-corrected chi connectivity index (χ2v) is 3.46. The highest BCUT2D eigenvalue weighted by atomic mass is 16.3. The zero-order chi connectivity index (χ0) is 8.10. The first-order valence-electron chi connectivity index (χ1n) is 4.69. The Hall–Kier alpha value is -0.0800. The number of aliphatic hydroxyl groups is 1. The smallest absolute Gasteiger partial charge is 0.0443 e. The summed E-state index contributed by atoms with van der Waals surface area (Å²) in [5.41, 5.74) is 0. The molecule has 2 heteroatoms. The molecule has 1 aliphatic rings. The van der Waals surface area contributed by atoms with Crippen molar-refractivity contribution >= 4 is 0 Å². The van der Waals surface area contributed by atoms with Gasteiger partial charge in [0, 0.05) is 19.2 Å². The van der Waals surface area contributed by atoms with Crippen LogP contribution in [0.5, 0.6) is 0 Å². The maximum atomic E-state index is 8.66. The van der Waals surface area contributed by atoms with Crippen molar-refractivity contribution in [2.24, 2.45) is 0 Å². The van der Waals surface area contributed by atoms with Gasteiger partial charge in [-0.1, -0.05) is 6.42 Å². The topological polar surface area (TPSA) is 23.5 Å². The lowest BCUT2D eigenvalue weighted by molar-refractivity contribution is 0.145. The number of rotatable bonds is 3. The first kappa shape index (κ1) is 9.01. The average molecular weight is 157 g/mol. The van der Waals surface area contributed by atoms with Crippen molar-refractivity contribution in [1.29, 1.82) is 0 Å². The van der Waals surface area contributed by atoms with Gasteiger partial charge in [0.05, 0.1) is 0 Å². The van der Waals surface area contributed by atoms with E-state index in [1.807, 2.05) is 0 Å². The van der Waals surface area contributed by atoms with E-state index in [1.54, 1.807) is 0 Å². The third-order valence-corrected chi connectivity index (χ3v) is 2.54. The van der Waals surface area contributed by atoms with Crippen LogP contribution in [0.2, 0.25) is 0 Å². The predicted octanol–water partition coefficient (Wildman–Crippen LogP) is 1.24. The summed E-state index contributed by atoms with van der Waals surface area (Å²) in [6.07, 6.45) is 5.00. The van der Waals surface area contributed by atoms with E-state index in [1.165, 1.54) is 25.8 Å². The van der Waals surface area contributed by atoms with Crippen LogP contribution >= 0.6 is 0 Å². The van der Waals surface area contributed by atoms with Gasteiger partial charge in [-0.2, -0.15) is 0 Å². The van der Waals surface area contributed by atoms with Crippen LogP contribution in [0.3, 0.4) is 0 Å². The number of hydrogen-bond acceptors (Lipinski definition) is 2. The minimum atomic E-state index is 0.337. The highest BCUT2D eigenvalue weighted by Gasteiger charge is 2.16. The monoisotopic (exact) mass is 157 g/mol. The predicted molar refractivity (Wildman–Crippen MR) is 46.6 cm³/mol. The molecule has 0 aliphatic carbocycles. The summed E-state index contributed by atoms with van der Waals surface area (Å²) in [6, 6.07) is 0.746. The molecule has 0 bridgehead atoms. The molecule has 2 nitrogen and oxygen atoms in total. The summed E-state index contributed by atoms with van der Waals surface area (Å²) in [6.45, 7) is 4.94. The first-order chi connectivity index (χ1) is 5.34. The van der Waals surface area contributed by atoms with E-state index in [9.17, 15) is 0 Å². The molecule has 0 spiro atoms. The third kappa shape index (κ3) is 2.80. The Bertz CT molecular complexity index is 106. The zero-order valence-corrected chi connectivity index (χ0v) is 7.42. The molecule has 0 saturated carbocycles. The molecule has 0 aromatic carbocycles. The first-order valence-corrected chi connectivity index (χ1v) is 4.69. The van der Waals surface area contributed by atoms with E-state index < -0.39 is 0 Å². The van der Waals surface area contributed by atoms with Crippen molar-refractivity contribution in [2.75, 3.05) is 19.7 Å². The molecular weight excluding hydrogens is 138 g/mol. The van der Waals surface area contributed by atoms with Crippen molar-refractivity contribution in [2.45, 2.75) is 38.6 Å². The molecule has 0 amide bonds.